The molecule has 0 aliphatic heterocycles. The first-order chi connectivity index (χ1) is 8.06. The zero-order valence-corrected chi connectivity index (χ0v) is 11.2. The fraction of sp³-hybridized carbons (Fsp3) is 0.750. The van der Waals surface area contributed by atoms with Crippen LogP contribution in [0, 0.1) is 0 Å². The monoisotopic (exact) mass is 280 g/mol. The quantitative estimate of drug-likeness (QED) is 0.659. The zero-order chi connectivity index (χ0) is 12.7. The molecule has 9 heteroatoms. The molecule has 0 spiro atoms. The largest absolute Gasteiger partial charge is 0.385 e. The summed E-state index contributed by atoms with van der Waals surface area (Å²) in [5, 5.41) is 7.10. The van der Waals surface area contributed by atoms with Crippen LogP contribution in [-0.2, 0) is 14.8 Å². The highest BCUT2D eigenvalue weighted by atomic mass is 32.2. The van der Waals surface area contributed by atoms with Crippen LogP contribution < -0.4 is 10.5 Å². The van der Waals surface area contributed by atoms with Gasteiger partial charge in [0.2, 0.25) is 9.47 Å². The smallest absolute Gasteiger partial charge is 0.269 e. The van der Waals surface area contributed by atoms with E-state index in [1.807, 2.05) is 0 Å². The first-order valence-electron chi connectivity index (χ1n) is 5.14. The molecule has 0 aliphatic carbocycles. The molecule has 3 N–H and O–H groups in total. The lowest BCUT2D eigenvalue weighted by Gasteiger charge is -2.03. The van der Waals surface area contributed by atoms with Crippen LogP contribution in [0.15, 0.2) is 4.34 Å². The van der Waals surface area contributed by atoms with E-state index in [2.05, 4.69) is 14.9 Å². The minimum absolute atomic E-state index is 0.0908. The number of aromatic nitrogens is 2. The van der Waals surface area contributed by atoms with Crippen molar-refractivity contribution >= 4 is 26.5 Å². The Bertz CT molecular complexity index is 432. The summed E-state index contributed by atoms with van der Waals surface area (Å²) in [6.45, 7) is 1.07. The molecule has 0 bridgehead atoms. The summed E-state index contributed by atoms with van der Waals surface area (Å²) in [7, 11) is -1.91. The second kappa shape index (κ2) is 6.84. The summed E-state index contributed by atoms with van der Waals surface area (Å²) in [6.07, 6.45) is 2.59. The number of unbranched alkanes of at least 4 members (excludes halogenated alkanes) is 2. The van der Waals surface area contributed by atoms with Crippen LogP contribution in [-0.4, -0.2) is 38.9 Å². The fourth-order valence-corrected chi connectivity index (χ4v) is 3.04. The number of rotatable bonds is 8. The molecule has 0 radical (unpaired) electrons. The van der Waals surface area contributed by atoms with Crippen molar-refractivity contribution in [1.82, 2.24) is 14.9 Å². The Balaban J connectivity index is 2.31. The van der Waals surface area contributed by atoms with Gasteiger partial charge in [0, 0.05) is 20.3 Å². The molecule has 0 unspecified atom stereocenters. The van der Waals surface area contributed by atoms with E-state index < -0.39 is 10.0 Å². The molecular weight excluding hydrogens is 264 g/mol. The number of ether oxygens (including phenoxy) is 1. The summed E-state index contributed by atoms with van der Waals surface area (Å²) in [6, 6.07) is 0. The highest BCUT2D eigenvalue weighted by molar-refractivity contribution is 7.91. The van der Waals surface area contributed by atoms with Crippen LogP contribution in [0.2, 0.25) is 0 Å². The highest BCUT2D eigenvalue weighted by Crippen LogP contribution is 2.16. The van der Waals surface area contributed by atoms with Gasteiger partial charge in [0.25, 0.3) is 10.0 Å². The van der Waals surface area contributed by atoms with Crippen molar-refractivity contribution in [1.29, 1.82) is 0 Å². The van der Waals surface area contributed by atoms with Gasteiger partial charge in [-0.1, -0.05) is 11.3 Å². The van der Waals surface area contributed by atoms with Crippen molar-refractivity contribution in [3.63, 3.8) is 0 Å². The van der Waals surface area contributed by atoms with Crippen LogP contribution in [0.4, 0.5) is 5.13 Å². The summed E-state index contributed by atoms with van der Waals surface area (Å²) < 4.78 is 30.6. The van der Waals surface area contributed by atoms with E-state index in [1.54, 1.807) is 7.11 Å². The number of anilines is 1. The van der Waals surface area contributed by atoms with Gasteiger partial charge in [-0.15, -0.1) is 10.2 Å². The van der Waals surface area contributed by atoms with Gasteiger partial charge in [-0.25, -0.2) is 13.1 Å². The summed E-state index contributed by atoms with van der Waals surface area (Å²) in [4.78, 5) is 0. The van der Waals surface area contributed by atoms with Crippen molar-refractivity contribution in [3.8, 4) is 0 Å². The van der Waals surface area contributed by atoms with E-state index in [0.717, 1.165) is 30.6 Å². The van der Waals surface area contributed by atoms with Crippen molar-refractivity contribution < 1.29 is 13.2 Å². The van der Waals surface area contributed by atoms with E-state index in [4.69, 9.17) is 10.5 Å². The van der Waals surface area contributed by atoms with Crippen LogP contribution in [0.3, 0.4) is 0 Å². The van der Waals surface area contributed by atoms with E-state index >= 15 is 0 Å². The Kier molecular flexibility index (Phi) is 5.75. The number of methoxy groups -OCH3 is 1. The number of hydrogen-bond acceptors (Lipinski definition) is 7. The molecule has 1 rings (SSSR count). The Morgan fingerprint density at radius 1 is 1.35 bits per heavy atom. The number of nitrogens with two attached hydrogens (primary N) is 1. The Labute approximate surface area is 104 Å². The molecule has 17 heavy (non-hydrogen) atoms. The van der Waals surface area contributed by atoms with Gasteiger partial charge >= 0.3 is 0 Å². The fourth-order valence-electron chi connectivity index (χ4n) is 1.15. The van der Waals surface area contributed by atoms with Crippen molar-refractivity contribution in [2.45, 2.75) is 23.6 Å². The molecule has 0 atom stereocenters. The summed E-state index contributed by atoms with van der Waals surface area (Å²) in [5.74, 6) is 0. The predicted molar refractivity (Wildman–Crippen MR) is 65.2 cm³/mol. The highest BCUT2D eigenvalue weighted by Gasteiger charge is 2.18. The van der Waals surface area contributed by atoms with Gasteiger partial charge in [0.1, 0.15) is 0 Å². The lowest BCUT2D eigenvalue weighted by Crippen LogP contribution is -2.24. The second-order valence-corrected chi connectivity index (χ2v) is 6.31. The molecular formula is C8H16N4O3S2. The van der Waals surface area contributed by atoms with Gasteiger partial charge in [0.15, 0.2) is 0 Å². The molecule has 0 fully saturated rings. The third kappa shape index (κ3) is 4.94. The molecule has 0 saturated heterocycles. The maximum atomic E-state index is 11.7. The third-order valence-electron chi connectivity index (χ3n) is 1.97. The molecule has 0 aliphatic rings. The number of nitrogens with zero attached hydrogens (tertiary/aromatic N) is 2. The third-order valence-corrected chi connectivity index (χ3v) is 4.55. The van der Waals surface area contributed by atoms with Gasteiger partial charge in [-0.2, -0.15) is 0 Å². The lowest BCUT2D eigenvalue weighted by atomic mass is 10.2. The molecule has 7 nitrogen and oxygen atoms in total. The molecule has 1 aromatic rings. The minimum Gasteiger partial charge on any atom is -0.385 e. The normalized spacial score (nSPS) is 11.8. The van der Waals surface area contributed by atoms with Crippen molar-refractivity contribution in [2.24, 2.45) is 0 Å². The first-order valence-corrected chi connectivity index (χ1v) is 7.44. The number of nitrogen functional groups attached to an aromatic ring is 1. The molecule has 0 amide bonds. The maximum Gasteiger partial charge on any atom is 0.269 e. The Morgan fingerprint density at radius 2 is 2.12 bits per heavy atom. The second-order valence-electron chi connectivity index (χ2n) is 3.36. The molecule has 0 aromatic carbocycles. The Hall–Kier alpha value is -0.770. The predicted octanol–water partition coefficient (Wildman–Crippen LogP) is 0.215. The number of sulfonamides is 1. The Morgan fingerprint density at radius 3 is 2.71 bits per heavy atom. The lowest BCUT2D eigenvalue weighted by molar-refractivity contribution is 0.192. The topological polar surface area (TPSA) is 107 Å². The van der Waals surface area contributed by atoms with Crippen molar-refractivity contribution in [2.75, 3.05) is 26.0 Å². The van der Waals surface area contributed by atoms with E-state index in [-0.39, 0.29) is 9.47 Å². The van der Waals surface area contributed by atoms with Crippen LogP contribution in [0.25, 0.3) is 0 Å². The van der Waals surface area contributed by atoms with Crippen LogP contribution in [0.1, 0.15) is 19.3 Å². The molecule has 1 heterocycles. The standard InChI is InChI=1S/C8H16N4O3S2/c1-15-6-4-2-3-5-10-17(13,14)8-12-11-7(9)16-8/h10H,2-6H2,1H3,(H2,9,11). The summed E-state index contributed by atoms with van der Waals surface area (Å²) >= 11 is 0.852. The number of nitrogens with one attached hydrogen (secondary N) is 1. The maximum absolute atomic E-state index is 11.7. The number of hydrogen-bond donors (Lipinski definition) is 2. The van der Waals surface area contributed by atoms with E-state index in [0.29, 0.717) is 13.2 Å². The molecule has 1 aromatic heterocycles. The molecule has 98 valence electrons. The zero-order valence-electron chi connectivity index (χ0n) is 9.55. The average Bonchev–Trinajstić information content (AvgIpc) is 2.71. The summed E-state index contributed by atoms with van der Waals surface area (Å²) in [5.41, 5.74) is 5.32. The average molecular weight is 280 g/mol. The van der Waals surface area contributed by atoms with Gasteiger partial charge in [-0.3, -0.25) is 0 Å². The molecule has 0 saturated carbocycles. The van der Waals surface area contributed by atoms with E-state index in [9.17, 15) is 8.42 Å². The van der Waals surface area contributed by atoms with Crippen LogP contribution >= 0.6 is 11.3 Å². The van der Waals surface area contributed by atoms with Crippen LogP contribution in [0.5, 0.6) is 0 Å². The SMILES string of the molecule is COCCCCCNS(=O)(=O)c1nnc(N)s1. The van der Waals surface area contributed by atoms with Gasteiger partial charge in [0.05, 0.1) is 0 Å². The van der Waals surface area contributed by atoms with E-state index in [1.165, 1.54) is 0 Å². The first kappa shape index (κ1) is 14.3. The minimum atomic E-state index is -3.55. The van der Waals surface area contributed by atoms with Gasteiger partial charge in [-0.05, 0) is 19.3 Å². The van der Waals surface area contributed by atoms with Gasteiger partial charge < -0.3 is 10.5 Å². The van der Waals surface area contributed by atoms with Crippen molar-refractivity contribution in [3.05, 3.63) is 0 Å².